The van der Waals surface area contributed by atoms with Crippen molar-refractivity contribution in [3.63, 3.8) is 0 Å². The van der Waals surface area contributed by atoms with Crippen LogP contribution in [0.5, 0.6) is 0 Å². The fourth-order valence-corrected chi connectivity index (χ4v) is 17.1. The van der Waals surface area contributed by atoms with Crippen molar-refractivity contribution in [3.8, 4) is 0 Å². The van der Waals surface area contributed by atoms with Crippen molar-refractivity contribution in [2.75, 3.05) is 19.8 Å². The van der Waals surface area contributed by atoms with Gasteiger partial charge in [-0.15, -0.1) is 0 Å². The van der Waals surface area contributed by atoms with Crippen molar-refractivity contribution >= 4 is 50.0 Å². The van der Waals surface area contributed by atoms with Gasteiger partial charge in [-0.2, -0.15) is 0 Å². The van der Waals surface area contributed by atoms with Crippen LogP contribution in [0.3, 0.4) is 0 Å². The third-order valence-electron chi connectivity index (χ3n) is 7.67. The summed E-state index contributed by atoms with van der Waals surface area (Å²) in [6.45, 7) is 13.5. The van der Waals surface area contributed by atoms with E-state index in [9.17, 15) is 0 Å². The molecule has 0 spiro atoms. The summed E-state index contributed by atoms with van der Waals surface area (Å²) in [6.07, 6.45) is 13.2. The van der Waals surface area contributed by atoms with Crippen LogP contribution < -0.4 is 0 Å². The zero-order chi connectivity index (χ0) is 22.4. The van der Waals surface area contributed by atoms with Gasteiger partial charge in [0, 0.05) is 28.8 Å². The molecule has 0 radical (unpaired) electrons. The first-order chi connectivity index (χ1) is 14.9. The summed E-state index contributed by atoms with van der Waals surface area (Å²) in [4.78, 5) is 0. The summed E-state index contributed by atoms with van der Waals surface area (Å²) in [7, 11) is 5.17. The molecular weight excluding hydrogens is 481 g/mol. The zero-order valence-electron chi connectivity index (χ0n) is 20.3. The molecule has 182 valence electrons. The van der Waals surface area contributed by atoms with E-state index in [0.29, 0.717) is 29.1 Å². The SMILES string of the molecule is CCO[Si](OCC)(OCC(SSSSC(C)C)C1(C)CCCCC1)C12CCC(CC1)C2. The summed E-state index contributed by atoms with van der Waals surface area (Å²) in [5.41, 5.74) is 0.350. The van der Waals surface area contributed by atoms with Gasteiger partial charge in [0.1, 0.15) is 0 Å². The van der Waals surface area contributed by atoms with Gasteiger partial charge in [0.2, 0.25) is 0 Å². The van der Waals surface area contributed by atoms with E-state index in [1.807, 2.05) is 30.4 Å². The Bertz CT molecular complexity index is 531. The molecule has 0 heterocycles. The Morgan fingerprint density at radius 1 is 0.871 bits per heavy atom. The number of hydrogen-bond donors (Lipinski definition) is 0. The molecule has 0 aromatic heterocycles. The van der Waals surface area contributed by atoms with Crippen molar-refractivity contribution in [3.05, 3.63) is 0 Å². The molecule has 3 aliphatic rings. The summed E-state index contributed by atoms with van der Waals surface area (Å²) < 4.78 is 20.2. The first-order valence-corrected chi connectivity index (χ1v) is 19.1. The van der Waals surface area contributed by atoms with Crippen LogP contribution in [-0.2, 0) is 13.3 Å². The van der Waals surface area contributed by atoms with Crippen LogP contribution in [0.15, 0.2) is 0 Å². The largest absolute Gasteiger partial charge is 0.507 e. The van der Waals surface area contributed by atoms with Gasteiger partial charge < -0.3 is 13.3 Å². The van der Waals surface area contributed by atoms with E-state index < -0.39 is 8.80 Å². The van der Waals surface area contributed by atoms with Gasteiger partial charge in [-0.25, -0.2) is 0 Å². The molecule has 0 saturated heterocycles. The van der Waals surface area contributed by atoms with Crippen LogP contribution in [0.25, 0.3) is 0 Å². The maximum Gasteiger partial charge on any atom is 0.507 e. The molecule has 0 aliphatic heterocycles. The Kier molecular flexibility index (Phi) is 10.9. The first kappa shape index (κ1) is 27.1. The van der Waals surface area contributed by atoms with Crippen LogP contribution in [0.2, 0.25) is 5.04 Å². The van der Waals surface area contributed by atoms with Gasteiger partial charge >= 0.3 is 8.80 Å². The van der Waals surface area contributed by atoms with Crippen molar-refractivity contribution in [1.29, 1.82) is 0 Å². The van der Waals surface area contributed by atoms with Crippen LogP contribution >= 0.6 is 41.2 Å². The van der Waals surface area contributed by atoms with Gasteiger partial charge in [0.05, 0.1) is 6.61 Å². The fourth-order valence-electron chi connectivity index (χ4n) is 5.96. The second kappa shape index (κ2) is 12.5. The molecule has 2 bridgehead atoms. The minimum absolute atomic E-state index is 0.182. The van der Waals surface area contributed by atoms with Crippen LogP contribution in [-0.4, -0.2) is 39.1 Å². The molecule has 3 saturated carbocycles. The maximum absolute atomic E-state index is 7.02. The highest BCUT2D eigenvalue weighted by Crippen LogP contribution is 2.65. The van der Waals surface area contributed by atoms with Crippen molar-refractivity contribution < 1.29 is 13.3 Å². The smallest absolute Gasteiger partial charge is 0.373 e. The predicted octanol–water partition coefficient (Wildman–Crippen LogP) is 8.77. The van der Waals surface area contributed by atoms with Crippen LogP contribution in [0, 0.1) is 11.3 Å². The topological polar surface area (TPSA) is 27.7 Å². The molecule has 1 atom stereocenters. The molecule has 3 aliphatic carbocycles. The normalized spacial score (nSPS) is 29.0. The molecule has 0 N–H and O–H groups in total. The standard InChI is InChI=1S/C23H44O3S4Si/c1-6-24-31(25-7-2,23-15-11-20(17-23)12-16-23)26-18-21(28-30-29-27-19(3)4)22(5)13-9-8-10-14-22/h19-21H,6-18H2,1-5H3. The third kappa shape index (κ3) is 6.59. The van der Waals surface area contributed by atoms with Crippen molar-refractivity contribution in [2.24, 2.45) is 11.3 Å². The zero-order valence-corrected chi connectivity index (χ0v) is 24.5. The molecule has 8 heteroatoms. The lowest BCUT2D eigenvalue weighted by Gasteiger charge is -2.45. The Morgan fingerprint density at radius 3 is 2.00 bits per heavy atom. The Balaban J connectivity index is 1.73. The van der Waals surface area contributed by atoms with Gasteiger partial charge in [0.15, 0.2) is 0 Å². The molecule has 0 aromatic carbocycles. The lowest BCUT2D eigenvalue weighted by atomic mass is 9.73. The van der Waals surface area contributed by atoms with Crippen LogP contribution in [0.1, 0.15) is 98.8 Å². The Morgan fingerprint density at radius 2 is 1.48 bits per heavy atom. The minimum Gasteiger partial charge on any atom is -0.373 e. The maximum atomic E-state index is 7.02. The van der Waals surface area contributed by atoms with Gasteiger partial charge in [-0.1, -0.05) is 61.6 Å². The molecular formula is C23H44O3S4Si. The minimum atomic E-state index is -2.73. The van der Waals surface area contributed by atoms with Gasteiger partial charge in [0.25, 0.3) is 0 Å². The van der Waals surface area contributed by atoms with Crippen molar-refractivity contribution in [2.45, 2.75) is 114 Å². The molecule has 1 unspecified atom stereocenters. The first-order valence-electron chi connectivity index (χ1n) is 12.5. The summed E-state index contributed by atoms with van der Waals surface area (Å²) >= 11 is 0. The highest BCUT2D eigenvalue weighted by molar-refractivity contribution is 9.26. The second-order valence-corrected chi connectivity index (χ2v) is 19.9. The molecule has 3 nitrogen and oxygen atoms in total. The predicted molar refractivity (Wildman–Crippen MR) is 145 cm³/mol. The fraction of sp³-hybridized carbons (Fsp3) is 1.00. The van der Waals surface area contributed by atoms with E-state index in [2.05, 4.69) is 45.4 Å². The lowest BCUT2D eigenvalue weighted by Crippen LogP contribution is -2.56. The molecule has 3 rings (SSSR count). The van der Waals surface area contributed by atoms with E-state index in [4.69, 9.17) is 13.3 Å². The van der Waals surface area contributed by atoms with E-state index in [0.717, 1.165) is 12.5 Å². The third-order valence-corrected chi connectivity index (χ3v) is 19.0. The van der Waals surface area contributed by atoms with Gasteiger partial charge in [-0.05, 0) is 89.8 Å². The second-order valence-electron chi connectivity index (χ2n) is 10.2. The monoisotopic (exact) mass is 524 g/mol. The number of rotatable bonds is 14. The van der Waals surface area contributed by atoms with Crippen molar-refractivity contribution in [1.82, 2.24) is 0 Å². The van der Waals surface area contributed by atoms with E-state index in [1.165, 1.54) is 64.2 Å². The summed E-state index contributed by atoms with van der Waals surface area (Å²) in [5, 5.41) is 1.33. The van der Waals surface area contributed by atoms with E-state index in [1.54, 1.807) is 0 Å². The lowest BCUT2D eigenvalue weighted by molar-refractivity contribution is 0.0301. The summed E-state index contributed by atoms with van der Waals surface area (Å²) in [5.74, 6) is 0.873. The quantitative estimate of drug-likeness (QED) is 0.127. The Labute approximate surface area is 208 Å². The van der Waals surface area contributed by atoms with Crippen LogP contribution in [0.4, 0.5) is 0 Å². The highest BCUT2D eigenvalue weighted by atomic mass is 33.7. The number of hydrogen-bond acceptors (Lipinski definition) is 7. The molecule has 0 amide bonds. The average Bonchev–Trinajstić information content (AvgIpc) is 3.36. The van der Waals surface area contributed by atoms with E-state index in [-0.39, 0.29) is 5.04 Å². The van der Waals surface area contributed by atoms with E-state index >= 15 is 0 Å². The number of fused-ring (bicyclic) bond motifs is 2. The average molecular weight is 525 g/mol. The molecule has 3 fully saturated rings. The summed E-state index contributed by atoms with van der Waals surface area (Å²) in [6, 6.07) is 0. The van der Waals surface area contributed by atoms with Gasteiger partial charge in [-0.3, -0.25) is 0 Å². The molecule has 31 heavy (non-hydrogen) atoms. The molecule has 0 aromatic rings. The Hall–Kier alpha value is 1.50. The highest BCUT2D eigenvalue weighted by Gasteiger charge is 2.66.